The van der Waals surface area contributed by atoms with Crippen LogP contribution >= 0.6 is 0 Å². The third-order valence-corrected chi connectivity index (χ3v) is 3.77. The highest BCUT2D eigenvalue weighted by atomic mass is 16.5. The van der Waals surface area contributed by atoms with Gasteiger partial charge in [0.15, 0.2) is 0 Å². The highest BCUT2D eigenvalue weighted by Gasteiger charge is 2.18. The van der Waals surface area contributed by atoms with Crippen LogP contribution in [0.25, 0.3) is 0 Å². The number of anilines is 1. The molecule has 0 saturated carbocycles. The summed E-state index contributed by atoms with van der Waals surface area (Å²) >= 11 is 0. The molecule has 0 aliphatic rings. The van der Waals surface area contributed by atoms with Gasteiger partial charge in [0.1, 0.15) is 5.75 Å². The second-order valence-corrected chi connectivity index (χ2v) is 6.09. The number of ether oxygens (including phenoxy) is 1. The van der Waals surface area contributed by atoms with Crippen molar-refractivity contribution in [1.29, 1.82) is 0 Å². The molecule has 0 radical (unpaired) electrons. The van der Waals surface area contributed by atoms with Crippen LogP contribution in [0.2, 0.25) is 0 Å². The van der Waals surface area contributed by atoms with Crippen LogP contribution in [-0.2, 0) is 16.1 Å². The van der Waals surface area contributed by atoms with E-state index < -0.39 is 23.8 Å². The van der Waals surface area contributed by atoms with Crippen LogP contribution < -0.4 is 20.7 Å². The second kappa shape index (κ2) is 10.1. The Bertz CT molecular complexity index is 851. The van der Waals surface area contributed by atoms with Crippen molar-refractivity contribution in [3.63, 3.8) is 0 Å². The van der Waals surface area contributed by atoms with E-state index in [0.717, 1.165) is 5.56 Å². The molecule has 0 spiro atoms. The van der Waals surface area contributed by atoms with E-state index in [1.165, 1.54) is 13.0 Å². The topological polar surface area (TPSA) is 117 Å². The van der Waals surface area contributed by atoms with E-state index >= 15 is 0 Å². The van der Waals surface area contributed by atoms with Gasteiger partial charge in [-0.1, -0.05) is 24.3 Å². The van der Waals surface area contributed by atoms with Gasteiger partial charge in [-0.05, 0) is 36.8 Å². The monoisotopic (exact) mass is 385 g/mol. The molecule has 0 aromatic heterocycles. The summed E-state index contributed by atoms with van der Waals surface area (Å²) in [6.07, 6.45) is -0.772. The summed E-state index contributed by atoms with van der Waals surface area (Å²) in [5, 5.41) is 16.7. The number of aliphatic hydroxyl groups is 1. The molecule has 0 fully saturated rings. The van der Waals surface area contributed by atoms with Gasteiger partial charge in [0.05, 0.1) is 24.5 Å². The highest BCUT2D eigenvalue weighted by molar-refractivity contribution is 6.40. The number of aliphatic hydroxyl groups excluding tert-OH is 1. The Labute approximate surface area is 162 Å². The molecular formula is C20H23N3O5. The fraction of sp³-hybridized carbons (Fsp3) is 0.250. The van der Waals surface area contributed by atoms with E-state index in [2.05, 4.69) is 16.0 Å². The molecular weight excluding hydrogens is 362 g/mol. The Morgan fingerprint density at radius 1 is 1.04 bits per heavy atom. The number of methoxy groups -OCH3 is 1. The smallest absolute Gasteiger partial charge is 0.313 e. The third-order valence-electron chi connectivity index (χ3n) is 3.77. The van der Waals surface area contributed by atoms with E-state index in [9.17, 15) is 14.4 Å². The average Bonchev–Trinajstić information content (AvgIpc) is 2.70. The molecule has 0 unspecified atom stereocenters. The molecule has 2 aromatic rings. The van der Waals surface area contributed by atoms with Crippen LogP contribution in [0.5, 0.6) is 5.75 Å². The van der Waals surface area contributed by atoms with Crippen molar-refractivity contribution < 1.29 is 24.2 Å². The lowest BCUT2D eigenvalue weighted by atomic mass is 10.1. The van der Waals surface area contributed by atoms with E-state index in [0.29, 0.717) is 5.75 Å². The lowest BCUT2D eigenvalue weighted by Crippen LogP contribution is -2.39. The van der Waals surface area contributed by atoms with Gasteiger partial charge in [0.25, 0.3) is 5.91 Å². The number of carbonyl (C=O) groups excluding carboxylic acids is 3. The van der Waals surface area contributed by atoms with Crippen LogP contribution in [0, 0.1) is 0 Å². The number of hydrogen-bond acceptors (Lipinski definition) is 5. The Morgan fingerprint density at radius 2 is 1.79 bits per heavy atom. The number of carbonyl (C=O) groups is 3. The number of amides is 3. The summed E-state index contributed by atoms with van der Waals surface area (Å²) in [7, 11) is 1.56. The van der Waals surface area contributed by atoms with Gasteiger partial charge in [-0.3, -0.25) is 14.4 Å². The zero-order chi connectivity index (χ0) is 20.5. The van der Waals surface area contributed by atoms with Gasteiger partial charge < -0.3 is 25.8 Å². The maximum atomic E-state index is 12.5. The highest BCUT2D eigenvalue weighted by Crippen LogP contribution is 2.16. The number of hydrogen-bond donors (Lipinski definition) is 4. The van der Waals surface area contributed by atoms with E-state index in [1.54, 1.807) is 37.4 Å². The Morgan fingerprint density at radius 3 is 2.50 bits per heavy atom. The Hall–Kier alpha value is -3.39. The molecule has 28 heavy (non-hydrogen) atoms. The summed E-state index contributed by atoms with van der Waals surface area (Å²) in [4.78, 5) is 36.3. The van der Waals surface area contributed by atoms with Crippen molar-refractivity contribution in [3.8, 4) is 5.75 Å². The van der Waals surface area contributed by atoms with Crippen molar-refractivity contribution in [3.05, 3.63) is 59.7 Å². The zero-order valence-corrected chi connectivity index (χ0v) is 15.7. The van der Waals surface area contributed by atoms with Gasteiger partial charge in [-0.25, -0.2) is 0 Å². The van der Waals surface area contributed by atoms with Crippen molar-refractivity contribution >= 4 is 23.4 Å². The Balaban J connectivity index is 2.02. The van der Waals surface area contributed by atoms with E-state index in [-0.39, 0.29) is 24.3 Å². The molecule has 3 amide bonds. The van der Waals surface area contributed by atoms with Gasteiger partial charge in [0.2, 0.25) is 0 Å². The van der Waals surface area contributed by atoms with E-state index in [1.807, 2.05) is 12.1 Å². The Kier molecular flexibility index (Phi) is 7.53. The average molecular weight is 385 g/mol. The molecule has 8 nitrogen and oxygen atoms in total. The molecule has 148 valence electrons. The summed E-state index contributed by atoms with van der Waals surface area (Å²) < 4.78 is 5.15. The maximum absolute atomic E-state index is 12.5. The molecule has 0 aliphatic carbocycles. The van der Waals surface area contributed by atoms with Crippen LogP contribution in [0.4, 0.5) is 5.69 Å². The molecule has 4 N–H and O–H groups in total. The molecule has 0 heterocycles. The number of para-hydroxylation sites is 1. The predicted molar refractivity (Wildman–Crippen MR) is 104 cm³/mol. The first-order valence-electron chi connectivity index (χ1n) is 8.68. The standard InChI is InChI=1S/C20H23N3O5/c1-13(24)11-21-19(26)20(27)23-17-9-4-3-8-16(17)18(25)22-12-14-6-5-7-15(10-14)28-2/h3-10,13,24H,11-12H2,1-2H3,(H,21,26)(H,22,25)(H,23,27)/t13-/m0/s1. The van der Waals surface area contributed by atoms with Crippen LogP contribution in [0.15, 0.2) is 48.5 Å². The quantitative estimate of drug-likeness (QED) is 0.532. The van der Waals surface area contributed by atoms with E-state index in [4.69, 9.17) is 9.84 Å². The predicted octanol–water partition coefficient (Wildman–Crippen LogP) is 1.06. The maximum Gasteiger partial charge on any atom is 0.313 e. The molecule has 0 saturated heterocycles. The van der Waals surface area contributed by atoms with Crippen LogP contribution in [0.1, 0.15) is 22.8 Å². The minimum Gasteiger partial charge on any atom is -0.497 e. The van der Waals surface area contributed by atoms with Crippen molar-refractivity contribution in [2.45, 2.75) is 19.6 Å². The summed E-state index contributed by atoms with van der Waals surface area (Å²) in [6.45, 7) is 1.71. The van der Waals surface area contributed by atoms with Gasteiger partial charge >= 0.3 is 11.8 Å². The lowest BCUT2D eigenvalue weighted by Gasteiger charge is -2.12. The van der Waals surface area contributed by atoms with Crippen LogP contribution in [0.3, 0.4) is 0 Å². The minimum atomic E-state index is -0.923. The molecule has 1 atom stereocenters. The second-order valence-electron chi connectivity index (χ2n) is 6.09. The molecule has 8 heteroatoms. The lowest BCUT2D eigenvalue weighted by molar-refractivity contribution is -0.136. The fourth-order valence-corrected chi connectivity index (χ4v) is 2.35. The van der Waals surface area contributed by atoms with Gasteiger partial charge in [-0.15, -0.1) is 0 Å². The first-order valence-corrected chi connectivity index (χ1v) is 8.68. The van der Waals surface area contributed by atoms with Gasteiger partial charge in [0, 0.05) is 13.1 Å². The minimum absolute atomic E-state index is 0.0467. The number of rotatable bonds is 7. The molecule has 0 aliphatic heterocycles. The number of benzene rings is 2. The van der Waals surface area contributed by atoms with Gasteiger partial charge in [-0.2, -0.15) is 0 Å². The number of nitrogens with one attached hydrogen (secondary N) is 3. The fourth-order valence-electron chi connectivity index (χ4n) is 2.35. The molecule has 0 bridgehead atoms. The van der Waals surface area contributed by atoms with Crippen molar-refractivity contribution in [2.75, 3.05) is 19.0 Å². The van der Waals surface area contributed by atoms with Crippen molar-refractivity contribution in [1.82, 2.24) is 10.6 Å². The summed E-state index contributed by atoms with van der Waals surface area (Å²) in [5.41, 5.74) is 1.29. The SMILES string of the molecule is COc1cccc(CNC(=O)c2ccccc2NC(=O)C(=O)NC[C@H](C)O)c1. The normalized spacial score (nSPS) is 11.2. The van der Waals surface area contributed by atoms with Crippen molar-refractivity contribution in [2.24, 2.45) is 0 Å². The summed E-state index contributed by atoms with van der Waals surface area (Å²) in [5.74, 6) is -1.54. The largest absolute Gasteiger partial charge is 0.497 e. The van der Waals surface area contributed by atoms with Crippen LogP contribution in [-0.4, -0.2) is 42.6 Å². The first-order chi connectivity index (χ1) is 13.4. The summed E-state index contributed by atoms with van der Waals surface area (Å²) in [6, 6.07) is 13.7. The zero-order valence-electron chi connectivity index (χ0n) is 15.7. The first kappa shape index (κ1) is 20.9. The molecule has 2 aromatic carbocycles. The third kappa shape index (κ3) is 6.10. The molecule has 2 rings (SSSR count).